The van der Waals surface area contributed by atoms with E-state index in [9.17, 15) is 13.2 Å². The number of hydrogen-bond donors (Lipinski definition) is 2. The van der Waals surface area contributed by atoms with E-state index in [0.717, 1.165) is 11.1 Å². The molecule has 3 aromatic rings. The number of carbonyl (C=O) groups excluding carboxylic acids is 1. The van der Waals surface area contributed by atoms with E-state index in [0.29, 0.717) is 5.02 Å². The highest BCUT2D eigenvalue weighted by Crippen LogP contribution is 2.27. The Labute approximate surface area is 180 Å². The van der Waals surface area contributed by atoms with Crippen LogP contribution in [-0.2, 0) is 10.0 Å². The maximum absolute atomic E-state index is 13.0. The largest absolute Gasteiger partial charge is 0.495 e. The third-order valence-corrected chi connectivity index (χ3v) is 6.28. The number of amides is 1. The second-order valence-electron chi connectivity index (χ2n) is 6.44. The molecular formula is C22H21ClN2O4S. The van der Waals surface area contributed by atoms with Crippen LogP contribution in [0.5, 0.6) is 5.75 Å². The van der Waals surface area contributed by atoms with Crippen molar-refractivity contribution in [2.75, 3.05) is 14.2 Å². The smallest absolute Gasteiger partial charge is 0.252 e. The standard InChI is InChI=1S/C22H21ClN2O4S/c1-24-30(27,28)20-14-17(10-13-19(20)29-2)22(26)25-21(15-6-4-3-5-7-15)16-8-11-18(23)12-9-16/h3-14,21,24H,1-2H3,(H,25,26). The van der Waals surface area contributed by atoms with E-state index < -0.39 is 22.0 Å². The van der Waals surface area contributed by atoms with Crippen LogP contribution in [0.25, 0.3) is 0 Å². The van der Waals surface area contributed by atoms with Gasteiger partial charge in [0.15, 0.2) is 0 Å². The monoisotopic (exact) mass is 444 g/mol. The molecule has 156 valence electrons. The van der Waals surface area contributed by atoms with E-state index in [1.165, 1.54) is 32.4 Å². The zero-order chi connectivity index (χ0) is 21.7. The number of hydrogen-bond acceptors (Lipinski definition) is 4. The Balaban J connectivity index is 1.99. The molecule has 0 heterocycles. The molecule has 0 saturated heterocycles. The second-order valence-corrected chi connectivity index (χ2v) is 8.73. The van der Waals surface area contributed by atoms with Gasteiger partial charge in [0.05, 0.1) is 13.2 Å². The van der Waals surface area contributed by atoms with Crippen LogP contribution < -0.4 is 14.8 Å². The Hall–Kier alpha value is -2.87. The molecule has 0 aromatic heterocycles. The van der Waals surface area contributed by atoms with Crippen LogP contribution in [0.4, 0.5) is 0 Å². The van der Waals surface area contributed by atoms with Gasteiger partial charge in [-0.15, -0.1) is 0 Å². The molecule has 6 nitrogen and oxygen atoms in total. The van der Waals surface area contributed by atoms with Gasteiger partial charge < -0.3 is 10.1 Å². The summed E-state index contributed by atoms with van der Waals surface area (Å²) < 4.78 is 32.0. The van der Waals surface area contributed by atoms with Gasteiger partial charge in [0.2, 0.25) is 10.0 Å². The van der Waals surface area contributed by atoms with Crippen LogP contribution >= 0.6 is 11.6 Å². The lowest BCUT2D eigenvalue weighted by molar-refractivity contribution is 0.0942. The van der Waals surface area contributed by atoms with Crippen molar-refractivity contribution in [2.45, 2.75) is 10.9 Å². The molecular weight excluding hydrogens is 424 g/mol. The number of carbonyl (C=O) groups is 1. The average molecular weight is 445 g/mol. The lowest BCUT2D eigenvalue weighted by Crippen LogP contribution is -2.29. The van der Waals surface area contributed by atoms with Gasteiger partial charge >= 0.3 is 0 Å². The predicted octanol–water partition coefficient (Wildman–Crippen LogP) is 3.78. The van der Waals surface area contributed by atoms with Gasteiger partial charge in [-0.1, -0.05) is 54.1 Å². The summed E-state index contributed by atoms with van der Waals surface area (Å²) >= 11 is 6.00. The highest BCUT2D eigenvalue weighted by molar-refractivity contribution is 7.89. The first-order valence-electron chi connectivity index (χ1n) is 9.08. The molecule has 1 atom stereocenters. The summed E-state index contributed by atoms with van der Waals surface area (Å²) in [6, 6.07) is 20.5. The fraction of sp³-hybridized carbons (Fsp3) is 0.136. The molecule has 1 unspecified atom stereocenters. The van der Waals surface area contributed by atoms with Gasteiger partial charge in [0.1, 0.15) is 10.6 Å². The normalized spacial score (nSPS) is 12.2. The summed E-state index contributed by atoms with van der Waals surface area (Å²) in [7, 11) is -1.13. The molecule has 0 bridgehead atoms. The summed E-state index contributed by atoms with van der Waals surface area (Å²) in [5.41, 5.74) is 1.92. The van der Waals surface area contributed by atoms with Crippen molar-refractivity contribution >= 4 is 27.5 Å². The van der Waals surface area contributed by atoms with Crippen molar-refractivity contribution in [3.63, 3.8) is 0 Å². The summed E-state index contributed by atoms with van der Waals surface area (Å²) in [5, 5.41) is 3.57. The van der Waals surface area contributed by atoms with E-state index in [1.807, 2.05) is 42.5 Å². The van der Waals surface area contributed by atoms with Crippen molar-refractivity contribution in [3.05, 3.63) is 94.5 Å². The molecule has 2 N–H and O–H groups in total. The third kappa shape index (κ3) is 4.81. The average Bonchev–Trinajstić information content (AvgIpc) is 2.78. The molecule has 0 aliphatic rings. The summed E-state index contributed by atoms with van der Waals surface area (Å²) in [5.74, 6) is -0.271. The number of nitrogens with one attached hydrogen (secondary N) is 2. The van der Waals surface area contributed by atoms with Gasteiger partial charge in [-0.2, -0.15) is 0 Å². The third-order valence-electron chi connectivity index (χ3n) is 4.60. The molecule has 3 rings (SSSR count). The minimum atomic E-state index is -3.80. The number of halogens is 1. The highest BCUT2D eigenvalue weighted by Gasteiger charge is 2.22. The van der Waals surface area contributed by atoms with Crippen LogP contribution in [-0.4, -0.2) is 28.5 Å². The maximum atomic E-state index is 13.0. The number of rotatable bonds is 7. The van der Waals surface area contributed by atoms with E-state index in [-0.39, 0.29) is 16.2 Å². The number of ether oxygens (including phenoxy) is 1. The summed E-state index contributed by atoms with van der Waals surface area (Å²) in [4.78, 5) is 12.9. The van der Waals surface area contributed by atoms with Crippen molar-refractivity contribution < 1.29 is 17.9 Å². The van der Waals surface area contributed by atoms with Gasteiger partial charge in [-0.3, -0.25) is 4.79 Å². The quantitative estimate of drug-likeness (QED) is 0.580. The van der Waals surface area contributed by atoms with Gasteiger partial charge in [0.25, 0.3) is 5.91 Å². The van der Waals surface area contributed by atoms with E-state index >= 15 is 0 Å². The maximum Gasteiger partial charge on any atom is 0.252 e. The van der Waals surface area contributed by atoms with Crippen molar-refractivity contribution in [2.24, 2.45) is 0 Å². The van der Waals surface area contributed by atoms with Gasteiger partial charge in [0, 0.05) is 10.6 Å². The molecule has 30 heavy (non-hydrogen) atoms. The van der Waals surface area contributed by atoms with Crippen molar-refractivity contribution in [1.82, 2.24) is 10.0 Å². The number of benzene rings is 3. The molecule has 0 fully saturated rings. The minimum Gasteiger partial charge on any atom is -0.495 e. The van der Waals surface area contributed by atoms with Crippen LogP contribution in [0, 0.1) is 0 Å². The Bertz CT molecular complexity index is 1130. The zero-order valence-electron chi connectivity index (χ0n) is 16.4. The van der Waals surface area contributed by atoms with Crippen LogP contribution in [0.15, 0.2) is 77.7 Å². The lowest BCUT2D eigenvalue weighted by atomic mass is 9.98. The Morgan fingerprint density at radius 3 is 2.20 bits per heavy atom. The number of sulfonamides is 1. The van der Waals surface area contributed by atoms with Crippen molar-refractivity contribution in [1.29, 1.82) is 0 Å². The van der Waals surface area contributed by atoms with Gasteiger partial charge in [-0.25, -0.2) is 13.1 Å². The second kappa shape index (κ2) is 9.30. The fourth-order valence-electron chi connectivity index (χ4n) is 3.01. The molecule has 0 radical (unpaired) electrons. The predicted molar refractivity (Wildman–Crippen MR) is 116 cm³/mol. The lowest BCUT2D eigenvalue weighted by Gasteiger charge is -2.20. The van der Waals surface area contributed by atoms with E-state index in [2.05, 4.69) is 10.0 Å². The van der Waals surface area contributed by atoms with Crippen LogP contribution in [0.2, 0.25) is 5.02 Å². The first kappa shape index (κ1) is 21.8. The van der Waals surface area contributed by atoms with Crippen LogP contribution in [0.3, 0.4) is 0 Å². The Kier molecular flexibility index (Phi) is 6.77. The molecule has 0 saturated carbocycles. The topological polar surface area (TPSA) is 84.5 Å². The highest BCUT2D eigenvalue weighted by atomic mass is 35.5. The molecule has 0 aliphatic heterocycles. The van der Waals surface area contributed by atoms with Crippen LogP contribution in [0.1, 0.15) is 27.5 Å². The summed E-state index contributed by atoms with van der Waals surface area (Å²) in [6.45, 7) is 0. The fourth-order valence-corrected chi connectivity index (χ4v) is 4.06. The molecule has 3 aromatic carbocycles. The SMILES string of the molecule is CNS(=O)(=O)c1cc(C(=O)NC(c2ccccc2)c2ccc(Cl)cc2)ccc1OC. The number of methoxy groups -OCH3 is 1. The first-order chi connectivity index (χ1) is 14.4. The first-order valence-corrected chi connectivity index (χ1v) is 10.9. The van der Waals surface area contributed by atoms with Gasteiger partial charge in [-0.05, 0) is 48.5 Å². The molecule has 8 heteroatoms. The van der Waals surface area contributed by atoms with E-state index in [4.69, 9.17) is 16.3 Å². The summed E-state index contributed by atoms with van der Waals surface area (Å²) in [6.07, 6.45) is 0. The molecule has 0 aliphatic carbocycles. The van der Waals surface area contributed by atoms with E-state index in [1.54, 1.807) is 12.1 Å². The molecule has 1 amide bonds. The van der Waals surface area contributed by atoms with Crippen molar-refractivity contribution in [3.8, 4) is 5.75 Å². The Morgan fingerprint density at radius 1 is 0.967 bits per heavy atom. The zero-order valence-corrected chi connectivity index (χ0v) is 18.0. The minimum absolute atomic E-state index is 0.108. The molecule has 0 spiro atoms. The Morgan fingerprint density at radius 2 is 1.60 bits per heavy atom.